The molecule has 1 aromatic carbocycles. The van der Waals surface area contributed by atoms with Crippen LogP contribution in [0.1, 0.15) is 36.9 Å². The van der Waals surface area contributed by atoms with Crippen LogP contribution in [0.25, 0.3) is 10.6 Å². The highest BCUT2D eigenvalue weighted by molar-refractivity contribution is 7.15. The summed E-state index contributed by atoms with van der Waals surface area (Å²) in [5.74, 6) is -0.243. The summed E-state index contributed by atoms with van der Waals surface area (Å²) in [7, 11) is 0. The molecule has 0 spiro atoms. The number of hydrogen-bond donors (Lipinski definition) is 2. The Kier molecular flexibility index (Phi) is 5.45. The van der Waals surface area contributed by atoms with Crippen LogP contribution in [-0.4, -0.2) is 22.7 Å². The van der Waals surface area contributed by atoms with Crippen LogP contribution in [0.15, 0.2) is 24.3 Å². The van der Waals surface area contributed by atoms with Gasteiger partial charge in [0.05, 0.1) is 11.8 Å². The van der Waals surface area contributed by atoms with Gasteiger partial charge in [-0.3, -0.25) is 0 Å². The third-order valence-electron chi connectivity index (χ3n) is 3.34. The fraction of sp³-hybridized carbons (Fsp3) is 0.438. The van der Waals surface area contributed by atoms with Gasteiger partial charge in [-0.05, 0) is 45.9 Å². The molecule has 2 N–H and O–H groups in total. The zero-order chi connectivity index (χ0) is 15.4. The standard InChI is InChI=1S/C16H21FN2OS/c1-10(20)8-9-18-11(2)15-12(3)19-16(21-15)13-6-4-5-7-14(13)17/h4-7,10-11,18,20H,8-9H2,1-3H3. The third-order valence-corrected chi connectivity index (χ3v) is 4.72. The normalized spacial score (nSPS) is 14.1. The molecule has 0 fully saturated rings. The van der Waals surface area contributed by atoms with Crippen LogP contribution in [0.3, 0.4) is 0 Å². The molecule has 2 rings (SSSR count). The van der Waals surface area contributed by atoms with E-state index in [9.17, 15) is 9.50 Å². The van der Waals surface area contributed by atoms with Gasteiger partial charge in [-0.25, -0.2) is 9.37 Å². The van der Waals surface area contributed by atoms with Crippen molar-refractivity contribution in [2.45, 2.75) is 39.3 Å². The second kappa shape index (κ2) is 7.11. The molecule has 114 valence electrons. The highest BCUT2D eigenvalue weighted by Gasteiger charge is 2.16. The minimum atomic E-state index is -0.304. The van der Waals surface area contributed by atoms with E-state index >= 15 is 0 Å². The van der Waals surface area contributed by atoms with Crippen LogP contribution in [0, 0.1) is 12.7 Å². The van der Waals surface area contributed by atoms with Crippen LogP contribution in [-0.2, 0) is 0 Å². The van der Waals surface area contributed by atoms with E-state index in [0.29, 0.717) is 17.0 Å². The van der Waals surface area contributed by atoms with Crippen molar-refractivity contribution in [2.24, 2.45) is 0 Å². The summed E-state index contributed by atoms with van der Waals surface area (Å²) in [5, 5.41) is 13.4. The zero-order valence-corrected chi connectivity index (χ0v) is 13.4. The lowest BCUT2D eigenvalue weighted by atomic mass is 10.2. The van der Waals surface area contributed by atoms with Crippen LogP contribution in [0.5, 0.6) is 0 Å². The topological polar surface area (TPSA) is 45.2 Å². The molecule has 1 aromatic heterocycles. The predicted octanol–water partition coefficient (Wildman–Crippen LogP) is 3.68. The number of nitrogens with one attached hydrogen (secondary N) is 1. The van der Waals surface area contributed by atoms with Gasteiger partial charge in [-0.2, -0.15) is 0 Å². The third kappa shape index (κ3) is 4.09. The first kappa shape index (κ1) is 16.1. The summed E-state index contributed by atoms with van der Waals surface area (Å²) in [6.07, 6.45) is 0.406. The Bertz CT molecular complexity index is 598. The molecule has 2 aromatic rings. The Hall–Kier alpha value is -1.30. The van der Waals surface area contributed by atoms with E-state index in [4.69, 9.17) is 0 Å². The first-order valence-corrected chi connectivity index (χ1v) is 7.94. The van der Waals surface area contributed by atoms with Crippen molar-refractivity contribution >= 4 is 11.3 Å². The van der Waals surface area contributed by atoms with Crippen LogP contribution >= 0.6 is 11.3 Å². The molecule has 0 radical (unpaired) electrons. The Morgan fingerprint density at radius 3 is 2.71 bits per heavy atom. The highest BCUT2D eigenvalue weighted by Crippen LogP contribution is 2.32. The molecule has 0 aliphatic heterocycles. The first-order valence-electron chi connectivity index (χ1n) is 7.12. The van der Waals surface area contributed by atoms with E-state index in [1.54, 1.807) is 19.1 Å². The van der Waals surface area contributed by atoms with Gasteiger partial charge in [0.1, 0.15) is 10.8 Å². The van der Waals surface area contributed by atoms with Crippen molar-refractivity contribution in [1.29, 1.82) is 0 Å². The van der Waals surface area contributed by atoms with Gasteiger partial charge in [0.25, 0.3) is 0 Å². The summed E-state index contributed by atoms with van der Waals surface area (Å²) in [4.78, 5) is 5.61. The van der Waals surface area contributed by atoms with Crippen molar-refractivity contribution in [3.05, 3.63) is 40.7 Å². The van der Waals surface area contributed by atoms with Crippen molar-refractivity contribution in [2.75, 3.05) is 6.54 Å². The number of halogens is 1. The average molecular weight is 308 g/mol. The molecular formula is C16H21FN2OS. The van der Waals surface area contributed by atoms with Gasteiger partial charge in [0, 0.05) is 16.5 Å². The Balaban J connectivity index is 2.14. The number of hydrogen-bond acceptors (Lipinski definition) is 4. The molecule has 0 saturated heterocycles. The van der Waals surface area contributed by atoms with Gasteiger partial charge < -0.3 is 10.4 Å². The van der Waals surface area contributed by atoms with Gasteiger partial charge in [0.2, 0.25) is 0 Å². The van der Waals surface area contributed by atoms with Crippen LogP contribution in [0.2, 0.25) is 0 Å². The largest absolute Gasteiger partial charge is 0.393 e. The van der Waals surface area contributed by atoms with Gasteiger partial charge in [-0.1, -0.05) is 12.1 Å². The zero-order valence-electron chi connectivity index (χ0n) is 12.6. The Morgan fingerprint density at radius 2 is 2.05 bits per heavy atom. The maximum Gasteiger partial charge on any atom is 0.133 e. The maximum atomic E-state index is 13.8. The number of thiazole rings is 1. The Morgan fingerprint density at radius 1 is 1.33 bits per heavy atom. The molecule has 2 unspecified atom stereocenters. The fourth-order valence-corrected chi connectivity index (χ4v) is 3.28. The minimum Gasteiger partial charge on any atom is -0.393 e. The van der Waals surface area contributed by atoms with E-state index in [0.717, 1.165) is 17.1 Å². The monoisotopic (exact) mass is 308 g/mol. The molecular weight excluding hydrogens is 287 g/mol. The second-order valence-corrected chi connectivity index (χ2v) is 6.29. The lowest BCUT2D eigenvalue weighted by Crippen LogP contribution is -2.22. The average Bonchev–Trinajstić information content (AvgIpc) is 2.80. The molecule has 0 aliphatic carbocycles. The lowest BCUT2D eigenvalue weighted by Gasteiger charge is -2.13. The van der Waals surface area contributed by atoms with Crippen LogP contribution < -0.4 is 5.32 Å². The van der Waals surface area contributed by atoms with Gasteiger partial charge in [-0.15, -0.1) is 11.3 Å². The molecule has 21 heavy (non-hydrogen) atoms. The number of aromatic nitrogens is 1. The van der Waals surface area contributed by atoms with Crippen molar-refractivity contribution in [3.63, 3.8) is 0 Å². The number of aryl methyl sites for hydroxylation is 1. The fourth-order valence-electron chi connectivity index (χ4n) is 2.16. The Labute approximate surface area is 128 Å². The number of aliphatic hydroxyl groups excluding tert-OH is 1. The van der Waals surface area contributed by atoms with Crippen molar-refractivity contribution in [3.8, 4) is 10.6 Å². The van der Waals surface area contributed by atoms with Gasteiger partial charge >= 0.3 is 0 Å². The lowest BCUT2D eigenvalue weighted by molar-refractivity contribution is 0.182. The SMILES string of the molecule is Cc1nc(-c2ccccc2F)sc1C(C)NCCC(C)O. The van der Waals surface area contributed by atoms with E-state index in [1.165, 1.54) is 17.4 Å². The number of nitrogens with zero attached hydrogens (tertiary/aromatic N) is 1. The molecule has 5 heteroatoms. The molecule has 0 aliphatic rings. The summed E-state index contributed by atoms with van der Waals surface area (Å²) in [5.41, 5.74) is 1.48. The first-order chi connectivity index (χ1) is 9.99. The van der Waals surface area contributed by atoms with Crippen molar-refractivity contribution in [1.82, 2.24) is 10.3 Å². The van der Waals surface area contributed by atoms with Gasteiger partial charge in [0.15, 0.2) is 0 Å². The van der Waals surface area contributed by atoms with E-state index < -0.39 is 0 Å². The number of rotatable bonds is 6. The molecule has 3 nitrogen and oxygen atoms in total. The summed E-state index contributed by atoms with van der Waals surface area (Å²) in [6.45, 7) is 6.53. The molecule has 0 amide bonds. The molecule has 0 saturated carbocycles. The summed E-state index contributed by atoms with van der Waals surface area (Å²) in [6, 6.07) is 6.85. The molecule has 0 bridgehead atoms. The summed E-state index contributed by atoms with van der Waals surface area (Å²) < 4.78 is 13.8. The minimum absolute atomic E-state index is 0.141. The van der Waals surface area contributed by atoms with E-state index in [2.05, 4.69) is 17.2 Å². The quantitative estimate of drug-likeness (QED) is 0.855. The summed E-state index contributed by atoms with van der Waals surface area (Å²) >= 11 is 1.52. The number of aliphatic hydroxyl groups is 1. The smallest absolute Gasteiger partial charge is 0.133 e. The van der Waals surface area contributed by atoms with Crippen LogP contribution in [0.4, 0.5) is 4.39 Å². The maximum absolute atomic E-state index is 13.8. The highest BCUT2D eigenvalue weighted by atomic mass is 32.1. The predicted molar refractivity (Wildman–Crippen MR) is 85.0 cm³/mol. The van der Waals surface area contributed by atoms with E-state index in [-0.39, 0.29) is 18.0 Å². The van der Waals surface area contributed by atoms with E-state index in [1.807, 2.05) is 13.0 Å². The molecule has 1 heterocycles. The van der Waals surface area contributed by atoms with Crippen molar-refractivity contribution < 1.29 is 9.50 Å². The molecule has 2 atom stereocenters. The number of benzene rings is 1. The second-order valence-electron chi connectivity index (χ2n) is 5.26.